The highest BCUT2D eigenvalue weighted by Gasteiger charge is 2.50. The molecule has 0 unspecified atom stereocenters. The second-order valence-corrected chi connectivity index (χ2v) is 11.2. The van der Waals surface area contributed by atoms with Crippen LogP contribution >= 0.6 is 15.9 Å². The normalized spacial score (nSPS) is 17.4. The van der Waals surface area contributed by atoms with Crippen molar-refractivity contribution in [3.63, 3.8) is 0 Å². The van der Waals surface area contributed by atoms with Gasteiger partial charge in [0.15, 0.2) is 0 Å². The Labute approximate surface area is 221 Å². The van der Waals surface area contributed by atoms with E-state index in [0.717, 1.165) is 49.5 Å². The minimum absolute atomic E-state index is 0.197. The van der Waals surface area contributed by atoms with Gasteiger partial charge in [0, 0.05) is 17.4 Å². The zero-order valence-electron chi connectivity index (χ0n) is 21.8. The summed E-state index contributed by atoms with van der Waals surface area (Å²) in [5.74, 6) is 0. The van der Waals surface area contributed by atoms with Gasteiger partial charge in [-0.1, -0.05) is 82.2 Å². The smallest absolute Gasteiger partial charge is 0.403 e. The summed E-state index contributed by atoms with van der Waals surface area (Å²) >= 11 is 3.47. The van der Waals surface area contributed by atoms with Crippen molar-refractivity contribution in [1.29, 1.82) is 0 Å². The van der Waals surface area contributed by atoms with Crippen molar-refractivity contribution >= 4 is 23.0 Å². The number of benzene rings is 2. The number of halogens is 1. The predicted molar refractivity (Wildman–Crippen MR) is 151 cm³/mol. The lowest BCUT2D eigenvalue weighted by Crippen LogP contribution is -2.41. The highest BCUT2D eigenvalue weighted by Crippen LogP contribution is 2.38. The number of hydrogen-bond acceptors (Lipinski definition) is 3. The molecule has 1 aliphatic rings. The molecule has 0 atom stereocenters. The number of unbranched alkanes of at least 4 members (excludes halogenated alkanes) is 1. The van der Waals surface area contributed by atoms with Crippen molar-refractivity contribution in [2.45, 2.75) is 83.9 Å². The third-order valence-corrected chi connectivity index (χ3v) is 7.36. The van der Waals surface area contributed by atoms with E-state index in [0.29, 0.717) is 6.61 Å². The van der Waals surface area contributed by atoms with E-state index >= 15 is 0 Å². The molecule has 1 saturated heterocycles. The molecule has 188 valence electrons. The molecular formula is C30H40BBrO3. The highest BCUT2D eigenvalue weighted by molar-refractivity contribution is 9.10. The number of allylic oxidation sites excluding steroid dienone is 4. The minimum atomic E-state index is -0.296. The molecule has 0 saturated carbocycles. The fourth-order valence-electron chi connectivity index (χ4n) is 4.02. The quantitative estimate of drug-likeness (QED) is 0.146. The molecular weight excluding hydrogens is 499 g/mol. The maximum absolute atomic E-state index is 6.27. The van der Waals surface area contributed by atoms with Crippen LogP contribution in [0.2, 0.25) is 6.32 Å². The SMILES string of the molecule is CC1(C)OB(C/C(=C\CCCOCc2ccc(Br)cc2)C/C=C\CCc2ccccc2)OC1(C)C. The number of aryl methyl sites for hydroxylation is 1. The monoisotopic (exact) mass is 538 g/mol. The van der Waals surface area contributed by atoms with Gasteiger partial charge in [0.05, 0.1) is 17.8 Å². The third kappa shape index (κ3) is 9.38. The standard InChI is InChI=1S/C30H40BBrO3/c1-29(2)30(3,4)35-31(34-29)23-26(16-10-6-9-15-25-13-7-5-8-14-25)17-11-12-22-33-24-27-18-20-28(32)21-19-27/h5-8,10,13-14,17-21H,9,11-12,15-16,22-24H2,1-4H3/b10-6-,26-17-. The van der Waals surface area contributed by atoms with Crippen molar-refractivity contribution in [2.75, 3.05) is 6.61 Å². The van der Waals surface area contributed by atoms with Gasteiger partial charge in [-0.05, 0) is 83.1 Å². The predicted octanol–water partition coefficient (Wildman–Crippen LogP) is 8.34. The number of ether oxygens (including phenoxy) is 1. The molecule has 0 radical (unpaired) electrons. The average Bonchev–Trinajstić information content (AvgIpc) is 3.03. The topological polar surface area (TPSA) is 27.7 Å². The van der Waals surface area contributed by atoms with Crippen molar-refractivity contribution in [3.05, 3.63) is 94.0 Å². The third-order valence-electron chi connectivity index (χ3n) is 6.83. The first kappa shape index (κ1) is 27.9. The Morgan fingerprint density at radius 3 is 2.26 bits per heavy atom. The molecule has 0 bridgehead atoms. The van der Waals surface area contributed by atoms with E-state index in [1.54, 1.807) is 0 Å². The summed E-state index contributed by atoms with van der Waals surface area (Å²) in [7, 11) is -0.197. The van der Waals surface area contributed by atoms with Crippen LogP contribution in [-0.4, -0.2) is 24.9 Å². The van der Waals surface area contributed by atoms with E-state index in [1.165, 1.54) is 16.7 Å². The van der Waals surface area contributed by atoms with Crippen molar-refractivity contribution in [2.24, 2.45) is 0 Å². The zero-order valence-corrected chi connectivity index (χ0v) is 23.4. The number of rotatable bonds is 13. The molecule has 1 fully saturated rings. The van der Waals surface area contributed by atoms with E-state index in [-0.39, 0.29) is 18.3 Å². The van der Waals surface area contributed by atoms with Gasteiger partial charge in [-0.25, -0.2) is 0 Å². The lowest BCUT2D eigenvalue weighted by atomic mass is 9.79. The summed E-state index contributed by atoms with van der Waals surface area (Å²) in [5, 5.41) is 0. The minimum Gasteiger partial charge on any atom is -0.403 e. The Morgan fingerprint density at radius 1 is 0.886 bits per heavy atom. The van der Waals surface area contributed by atoms with Crippen LogP contribution in [0.1, 0.15) is 64.5 Å². The molecule has 0 amide bonds. The Balaban J connectivity index is 1.47. The summed E-state index contributed by atoms with van der Waals surface area (Å²) in [6.07, 6.45) is 12.8. The molecule has 0 aromatic heterocycles. The summed E-state index contributed by atoms with van der Waals surface area (Å²) < 4.78 is 19.5. The lowest BCUT2D eigenvalue weighted by molar-refractivity contribution is 0.00578. The van der Waals surface area contributed by atoms with E-state index in [1.807, 2.05) is 0 Å². The van der Waals surface area contributed by atoms with E-state index in [4.69, 9.17) is 14.0 Å². The largest absolute Gasteiger partial charge is 0.462 e. The van der Waals surface area contributed by atoms with Gasteiger partial charge in [0.25, 0.3) is 0 Å². The molecule has 3 nitrogen and oxygen atoms in total. The Morgan fingerprint density at radius 2 is 1.57 bits per heavy atom. The zero-order chi connectivity index (χ0) is 25.2. The molecule has 1 heterocycles. The van der Waals surface area contributed by atoms with Crippen molar-refractivity contribution in [1.82, 2.24) is 0 Å². The van der Waals surface area contributed by atoms with Crippen LogP contribution < -0.4 is 0 Å². The summed E-state index contributed by atoms with van der Waals surface area (Å²) in [6.45, 7) is 9.86. The first-order chi connectivity index (χ1) is 16.7. The fourth-order valence-corrected chi connectivity index (χ4v) is 4.29. The van der Waals surface area contributed by atoms with Gasteiger partial charge >= 0.3 is 7.12 Å². The maximum atomic E-state index is 6.27. The maximum Gasteiger partial charge on any atom is 0.462 e. The molecule has 2 aromatic rings. The van der Waals surface area contributed by atoms with Gasteiger partial charge in [0.2, 0.25) is 0 Å². The average molecular weight is 539 g/mol. The summed E-state index contributed by atoms with van der Waals surface area (Å²) in [6, 6.07) is 19.0. The van der Waals surface area contributed by atoms with Gasteiger partial charge in [-0.15, -0.1) is 0 Å². The van der Waals surface area contributed by atoms with Crippen LogP contribution in [0.5, 0.6) is 0 Å². The van der Waals surface area contributed by atoms with Gasteiger partial charge in [-0.3, -0.25) is 0 Å². The van der Waals surface area contributed by atoms with Gasteiger partial charge in [0.1, 0.15) is 0 Å². The molecule has 2 aromatic carbocycles. The first-order valence-corrected chi connectivity index (χ1v) is 13.6. The Hall–Kier alpha value is -1.66. The molecule has 5 heteroatoms. The van der Waals surface area contributed by atoms with Crippen molar-refractivity contribution < 1.29 is 14.0 Å². The van der Waals surface area contributed by atoms with Crippen LogP contribution in [0.25, 0.3) is 0 Å². The first-order valence-electron chi connectivity index (χ1n) is 12.8. The Kier molecular flexibility index (Phi) is 10.8. The van der Waals surface area contributed by atoms with Gasteiger partial charge in [-0.2, -0.15) is 0 Å². The van der Waals surface area contributed by atoms with E-state index in [9.17, 15) is 0 Å². The summed E-state index contributed by atoms with van der Waals surface area (Å²) in [5.41, 5.74) is 3.36. The molecule has 1 aliphatic heterocycles. The second kappa shape index (κ2) is 13.6. The number of hydrogen-bond donors (Lipinski definition) is 0. The van der Waals surface area contributed by atoms with E-state index in [2.05, 4.69) is 116 Å². The fraction of sp³-hybridized carbons (Fsp3) is 0.467. The molecule has 35 heavy (non-hydrogen) atoms. The van der Waals surface area contributed by atoms with Crippen LogP contribution in [0.4, 0.5) is 0 Å². The van der Waals surface area contributed by atoms with Crippen LogP contribution in [-0.2, 0) is 27.1 Å². The van der Waals surface area contributed by atoms with Crippen LogP contribution in [0.3, 0.4) is 0 Å². The summed E-state index contributed by atoms with van der Waals surface area (Å²) in [4.78, 5) is 0. The lowest BCUT2D eigenvalue weighted by Gasteiger charge is -2.32. The van der Waals surface area contributed by atoms with Crippen LogP contribution in [0, 0.1) is 0 Å². The van der Waals surface area contributed by atoms with Gasteiger partial charge < -0.3 is 14.0 Å². The van der Waals surface area contributed by atoms with Crippen LogP contribution in [0.15, 0.2) is 82.9 Å². The molecule has 0 spiro atoms. The van der Waals surface area contributed by atoms with E-state index < -0.39 is 0 Å². The highest BCUT2D eigenvalue weighted by atomic mass is 79.9. The van der Waals surface area contributed by atoms with Crippen molar-refractivity contribution in [3.8, 4) is 0 Å². The second-order valence-electron chi connectivity index (χ2n) is 10.3. The Bertz CT molecular complexity index is 935. The molecule has 3 rings (SSSR count). The molecule has 0 aliphatic carbocycles. The molecule has 0 N–H and O–H groups in total.